The number of rotatable bonds is 2. The van der Waals surface area contributed by atoms with Gasteiger partial charge in [0.2, 0.25) is 0 Å². The van der Waals surface area contributed by atoms with Crippen LogP contribution in [0.2, 0.25) is 0 Å². The van der Waals surface area contributed by atoms with Crippen molar-refractivity contribution >= 4 is 17.4 Å². The van der Waals surface area contributed by atoms with E-state index in [0.717, 1.165) is 37.4 Å². The van der Waals surface area contributed by atoms with E-state index in [2.05, 4.69) is 15.0 Å². The molecule has 0 atom stereocenters. The number of hydrogen-bond acceptors (Lipinski definition) is 4. The van der Waals surface area contributed by atoms with E-state index < -0.39 is 5.97 Å². The molecule has 2 aromatic heterocycles. The normalized spacial score (nSPS) is 15.9. The van der Waals surface area contributed by atoms with Crippen LogP contribution in [-0.2, 0) is 0 Å². The molecule has 19 heavy (non-hydrogen) atoms. The highest BCUT2D eigenvalue weighted by Gasteiger charge is 2.18. The van der Waals surface area contributed by atoms with Crippen LogP contribution in [0, 0.1) is 6.92 Å². The quantitative estimate of drug-likeness (QED) is 0.890. The van der Waals surface area contributed by atoms with Crippen molar-refractivity contribution in [2.75, 3.05) is 18.0 Å². The molecule has 100 valence electrons. The molecule has 1 saturated heterocycles. The Balaban J connectivity index is 2.10. The third-order valence-electron chi connectivity index (χ3n) is 3.55. The van der Waals surface area contributed by atoms with Gasteiger partial charge in [-0.15, -0.1) is 0 Å². The minimum Gasteiger partial charge on any atom is -0.477 e. The van der Waals surface area contributed by atoms with Crippen LogP contribution in [0.5, 0.6) is 0 Å². The van der Waals surface area contributed by atoms with Crippen molar-refractivity contribution < 1.29 is 9.90 Å². The molecule has 3 rings (SSSR count). The second-order valence-corrected chi connectivity index (χ2v) is 4.90. The van der Waals surface area contributed by atoms with Gasteiger partial charge in [-0.1, -0.05) is 0 Å². The first-order chi connectivity index (χ1) is 9.16. The topological polar surface area (TPSA) is 70.7 Å². The predicted octanol–water partition coefficient (Wildman–Crippen LogP) is 1.73. The summed E-state index contributed by atoms with van der Waals surface area (Å²) < 4.78 is 1.58. The highest BCUT2D eigenvalue weighted by molar-refractivity contribution is 5.94. The van der Waals surface area contributed by atoms with Gasteiger partial charge in [-0.3, -0.25) is 0 Å². The molecule has 0 radical (unpaired) electrons. The average Bonchev–Trinajstić information content (AvgIpc) is 2.84. The Morgan fingerprint density at radius 3 is 2.74 bits per heavy atom. The number of carbonyl (C=O) groups is 1. The van der Waals surface area contributed by atoms with E-state index in [1.807, 2.05) is 13.0 Å². The molecular formula is C13H16N4O2. The molecule has 0 aliphatic carbocycles. The summed E-state index contributed by atoms with van der Waals surface area (Å²) in [5.74, 6) is -0.134. The third kappa shape index (κ3) is 2.03. The maximum absolute atomic E-state index is 11.2. The van der Waals surface area contributed by atoms with Gasteiger partial charge in [-0.05, 0) is 26.2 Å². The van der Waals surface area contributed by atoms with E-state index in [1.165, 1.54) is 12.6 Å². The molecule has 0 bridgehead atoms. The number of hydrogen-bond donors (Lipinski definition) is 1. The average molecular weight is 260 g/mol. The van der Waals surface area contributed by atoms with Gasteiger partial charge in [0.15, 0.2) is 5.65 Å². The van der Waals surface area contributed by atoms with Gasteiger partial charge in [0.1, 0.15) is 11.4 Å². The number of carboxylic acid groups (broad SMARTS) is 1. The van der Waals surface area contributed by atoms with E-state index in [1.54, 1.807) is 4.52 Å². The summed E-state index contributed by atoms with van der Waals surface area (Å²) >= 11 is 0. The maximum Gasteiger partial charge on any atom is 0.341 e. The SMILES string of the molecule is Cc1cc(N2CCCCC2)nc2c(C(=O)O)cnn12. The summed E-state index contributed by atoms with van der Waals surface area (Å²) in [6.45, 7) is 3.89. The summed E-state index contributed by atoms with van der Waals surface area (Å²) in [6, 6.07) is 1.97. The fourth-order valence-corrected chi connectivity index (χ4v) is 2.53. The Kier molecular flexibility index (Phi) is 2.85. The third-order valence-corrected chi connectivity index (χ3v) is 3.55. The number of carboxylic acids is 1. The molecule has 2 aromatic rings. The number of anilines is 1. The fraction of sp³-hybridized carbons (Fsp3) is 0.462. The molecule has 0 aromatic carbocycles. The summed E-state index contributed by atoms with van der Waals surface area (Å²) in [7, 11) is 0. The molecule has 1 fully saturated rings. The van der Waals surface area contributed by atoms with Crippen molar-refractivity contribution in [1.82, 2.24) is 14.6 Å². The molecule has 3 heterocycles. The molecule has 1 aliphatic heterocycles. The van der Waals surface area contributed by atoms with E-state index in [0.29, 0.717) is 5.65 Å². The van der Waals surface area contributed by atoms with Crippen molar-refractivity contribution in [3.8, 4) is 0 Å². The lowest BCUT2D eigenvalue weighted by molar-refractivity contribution is 0.0699. The smallest absolute Gasteiger partial charge is 0.341 e. The van der Waals surface area contributed by atoms with Crippen LogP contribution < -0.4 is 4.90 Å². The maximum atomic E-state index is 11.2. The molecule has 6 nitrogen and oxygen atoms in total. The Morgan fingerprint density at radius 1 is 1.32 bits per heavy atom. The molecular weight excluding hydrogens is 244 g/mol. The molecule has 1 N–H and O–H groups in total. The Labute approximate surface area is 110 Å². The largest absolute Gasteiger partial charge is 0.477 e. The minimum absolute atomic E-state index is 0.155. The Bertz CT molecular complexity index is 629. The van der Waals surface area contributed by atoms with Crippen LogP contribution in [0.4, 0.5) is 5.82 Å². The summed E-state index contributed by atoms with van der Waals surface area (Å²) in [6.07, 6.45) is 4.94. The van der Waals surface area contributed by atoms with Crippen LogP contribution >= 0.6 is 0 Å². The second kappa shape index (κ2) is 4.53. The first-order valence-corrected chi connectivity index (χ1v) is 6.50. The predicted molar refractivity (Wildman–Crippen MR) is 70.7 cm³/mol. The lowest BCUT2D eigenvalue weighted by Crippen LogP contribution is -2.30. The number of nitrogens with zero attached hydrogens (tertiary/aromatic N) is 4. The molecule has 1 aliphatic rings. The molecule has 0 saturated carbocycles. The number of aromatic nitrogens is 3. The monoisotopic (exact) mass is 260 g/mol. The van der Waals surface area contributed by atoms with Crippen molar-refractivity contribution in [2.45, 2.75) is 26.2 Å². The highest BCUT2D eigenvalue weighted by atomic mass is 16.4. The zero-order chi connectivity index (χ0) is 13.4. The highest BCUT2D eigenvalue weighted by Crippen LogP contribution is 2.21. The Morgan fingerprint density at radius 2 is 2.05 bits per heavy atom. The first-order valence-electron chi connectivity index (χ1n) is 6.50. The number of aromatic carboxylic acids is 1. The fourth-order valence-electron chi connectivity index (χ4n) is 2.53. The van der Waals surface area contributed by atoms with Gasteiger partial charge in [-0.25, -0.2) is 14.3 Å². The van der Waals surface area contributed by atoms with E-state index in [-0.39, 0.29) is 5.56 Å². The van der Waals surface area contributed by atoms with Crippen LogP contribution in [0.15, 0.2) is 12.3 Å². The van der Waals surface area contributed by atoms with Gasteiger partial charge < -0.3 is 10.0 Å². The Hall–Kier alpha value is -2.11. The molecule has 0 spiro atoms. The van der Waals surface area contributed by atoms with Gasteiger partial charge in [0.05, 0.1) is 6.20 Å². The van der Waals surface area contributed by atoms with Gasteiger partial charge in [0, 0.05) is 24.8 Å². The second-order valence-electron chi connectivity index (χ2n) is 4.90. The summed E-state index contributed by atoms with van der Waals surface area (Å²) in [4.78, 5) is 17.9. The lowest BCUT2D eigenvalue weighted by atomic mass is 10.1. The zero-order valence-electron chi connectivity index (χ0n) is 10.8. The standard InChI is InChI=1S/C13H16N4O2/c1-9-7-11(16-5-3-2-4-6-16)15-12-10(13(18)19)8-14-17(9)12/h7-8H,2-6H2,1H3,(H,18,19). The van der Waals surface area contributed by atoms with Crippen molar-refractivity contribution in [2.24, 2.45) is 0 Å². The van der Waals surface area contributed by atoms with Crippen LogP contribution in [0.1, 0.15) is 35.3 Å². The number of fused-ring (bicyclic) bond motifs is 1. The molecule has 0 amide bonds. The van der Waals surface area contributed by atoms with Crippen LogP contribution in [0.3, 0.4) is 0 Å². The molecule has 6 heteroatoms. The zero-order valence-corrected chi connectivity index (χ0v) is 10.8. The number of aryl methyl sites for hydroxylation is 1. The number of piperidine rings is 1. The first kappa shape index (κ1) is 12.0. The summed E-state index contributed by atoms with van der Waals surface area (Å²) in [5, 5.41) is 13.2. The van der Waals surface area contributed by atoms with Crippen molar-refractivity contribution in [3.05, 3.63) is 23.5 Å². The van der Waals surface area contributed by atoms with Crippen molar-refractivity contribution in [3.63, 3.8) is 0 Å². The van der Waals surface area contributed by atoms with Gasteiger partial charge in [0.25, 0.3) is 0 Å². The van der Waals surface area contributed by atoms with E-state index >= 15 is 0 Å². The van der Waals surface area contributed by atoms with Gasteiger partial charge >= 0.3 is 5.97 Å². The van der Waals surface area contributed by atoms with E-state index in [4.69, 9.17) is 5.11 Å². The van der Waals surface area contributed by atoms with E-state index in [9.17, 15) is 4.79 Å². The molecule has 0 unspecified atom stereocenters. The minimum atomic E-state index is -0.988. The van der Waals surface area contributed by atoms with Gasteiger partial charge in [-0.2, -0.15) is 5.10 Å². The van der Waals surface area contributed by atoms with Crippen molar-refractivity contribution in [1.29, 1.82) is 0 Å². The lowest BCUT2D eigenvalue weighted by Gasteiger charge is -2.28. The van der Waals surface area contributed by atoms with Crippen LogP contribution in [0.25, 0.3) is 5.65 Å². The summed E-state index contributed by atoms with van der Waals surface area (Å²) in [5.41, 5.74) is 1.48. The van der Waals surface area contributed by atoms with Crippen LogP contribution in [-0.4, -0.2) is 38.8 Å².